The number of methoxy groups -OCH3 is 2. The topological polar surface area (TPSA) is 47.7 Å². The smallest absolute Gasteiger partial charge is 0.165 e. The maximum atomic E-state index is 5.92. The fourth-order valence-electron chi connectivity index (χ4n) is 2.35. The highest BCUT2D eigenvalue weighted by Crippen LogP contribution is 2.35. The molecular weight excluding hydrogens is 216 g/mol. The molecule has 0 amide bonds. The van der Waals surface area contributed by atoms with Gasteiger partial charge in [-0.2, -0.15) is 0 Å². The van der Waals surface area contributed by atoms with E-state index in [1.165, 1.54) is 0 Å². The molecule has 1 saturated heterocycles. The normalized spacial score (nSPS) is 17.2. The van der Waals surface area contributed by atoms with Crippen LogP contribution in [-0.2, 0) is 4.74 Å². The largest absolute Gasteiger partial charge is 0.492 e. The van der Waals surface area contributed by atoms with Gasteiger partial charge in [0.25, 0.3) is 0 Å². The first-order valence-electron chi connectivity index (χ1n) is 5.96. The molecule has 17 heavy (non-hydrogen) atoms. The monoisotopic (exact) mass is 236 g/mol. The van der Waals surface area contributed by atoms with Crippen LogP contribution in [0.3, 0.4) is 0 Å². The molecule has 0 saturated carbocycles. The van der Waals surface area contributed by atoms with Crippen molar-refractivity contribution in [2.24, 2.45) is 0 Å². The lowest BCUT2D eigenvalue weighted by molar-refractivity contribution is 0.0818. The van der Waals surface area contributed by atoms with Crippen molar-refractivity contribution < 1.29 is 9.47 Å². The Bertz CT molecular complexity index is 374. The van der Waals surface area contributed by atoms with Gasteiger partial charge in [0.05, 0.1) is 24.6 Å². The van der Waals surface area contributed by atoms with Gasteiger partial charge in [-0.25, -0.2) is 0 Å². The third-order valence-corrected chi connectivity index (χ3v) is 3.34. The van der Waals surface area contributed by atoms with Crippen molar-refractivity contribution >= 4 is 11.4 Å². The van der Waals surface area contributed by atoms with E-state index < -0.39 is 0 Å². The molecule has 1 heterocycles. The van der Waals surface area contributed by atoms with E-state index in [1.54, 1.807) is 14.2 Å². The number of piperidine rings is 1. The molecule has 0 bridgehead atoms. The Morgan fingerprint density at radius 1 is 1.24 bits per heavy atom. The van der Waals surface area contributed by atoms with Crippen LogP contribution < -0.4 is 15.4 Å². The summed E-state index contributed by atoms with van der Waals surface area (Å²) in [7, 11) is 3.44. The maximum Gasteiger partial charge on any atom is 0.165 e. The van der Waals surface area contributed by atoms with E-state index in [0.717, 1.165) is 37.4 Å². The van der Waals surface area contributed by atoms with Crippen LogP contribution in [0.1, 0.15) is 12.8 Å². The standard InChI is InChI=1S/C13H20N2O2/c1-16-10-6-8-15(9-7-10)12-5-3-4-11(14)13(12)17-2/h3-5,10H,6-9,14H2,1-2H3. The number of hydrogen-bond acceptors (Lipinski definition) is 4. The minimum Gasteiger partial charge on any atom is -0.492 e. The Labute approximate surface area is 102 Å². The van der Waals surface area contributed by atoms with Gasteiger partial charge in [-0.3, -0.25) is 0 Å². The van der Waals surface area contributed by atoms with Crippen LogP contribution in [0, 0.1) is 0 Å². The Kier molecular flexibility index (Phi) is 3.74. The molecule has 4 heteroatoms. The van der Waals surface area contributed by atoms with Crippen LogP contribution in [0.15, 0.2) is 18.2 Å². The lowest BCUT2D eigenvalue weighted by atomic mass is 10.1. The van der Waals surface area contributed by atoms with Gasteiger partial charge in [-0.1, -0.05) is 6.07 Å². The highest BCUT2D eigenvalue weighted by molar-refractivity contribution is 5.70. The van der Waals surface area contributed by atoms with Crippen LogP contribution in [-0.4, -0.2) is 33.4 Å². The molecule has 2 N–H and O–H groups in total. The number of rotatable bonds is 3. The van der Waals surface area contributed by atoms with Gasteiger partial charge in [0, 0.05) is 20.2 Å². The first-order chi connectivity index (χ1) is 8.26. The number of nitrogens with zero attached hydrogens (tertiary/aromatic N) is 1. The summed E-state index contributed by atoms with van der Waals surface area (Å²) in [6.45, 7) is 1.97. The van der Waals surface area contributed by atoms with Crippen molar-refractivity contribution in [3.8, 4) is 5.75 Å². The fourth-order valence-corrected chi connectivity index (χ4v) is 2.35. The number of nitrogens with two attached hydrogens (primary N) is 1. The van der Waals surface area contributed by atoms with E-state index in [2.05, 4.69) is 11.0 Å². The zero-order valence-corrected chi connectivity index (χ0v) is 10.5. The average molecular weight is 236 g/mol. The molecule has 4 nitrogen and oxygen atoms in total. The first kappa shape index (κ1) is 12.0. The predicted octanol–water partition coefficient (Wildman–Crippen LogP) is 1.89. The molecule has 1 fully saturated rings. The number of hydrogen-bond donors (Lipinski definition) is 1. The van der Waals surface area contributed by atoms with E-state index in [1.807, 2.05) is 12.1 Å². The second kappa shape index (κ2) is 5.27. The van der Waals surface area contributed by atoms with Crippen LogP contribution >= 0.6 is 0 Å². The lowest BCUT2D eigenvalue weighted by Gasteiger charge is -2.33. The van der Waals surface area contributed by atoms with E-state index >= 15 is 0 Å². The lowest BCUT2D eigenvalue weighted by Crippen LogP contribution is -2.36. The summed E-state index contributed by atoms with van der Waals surface area (Å²) in [5.74, 6) is 0.781. The van der Waals surface area contributed by atoms with Crippen LogP contribution in [0.25, 0.3) is 0 Å². The minimum absolute atomic E-state index is 0.387. The first-order valence-corrected chi connectivity index (χ1v) is 5.96. The molecule has 1 aromatic rings. The quantitative estimate of drug-likeness (QED) is 0.814. The van der Waals surface area contributed by atoms with Gasteiger partial charge >= 0.3 is 0 Å². The number of nitrogen functional groups attached to an aromatic ring is 1. The minimum atomic E-state index is 0.387. The second-order valence-electron chi connectivity index (χ2n) is 4.32. The predicted molar refractivity (Wildman–Crippen MR) is 69.7 cm³/mol. The zero-order valence-electron chi connectivity index (χ0n) is 10.5. The van der Waals surface area contributed by atoms with Gasteiger partial charge in [-0.05, 0) is 25.0 Å². The van der Waals surface area contributed by atoms with Gasteiger partial charge in [0.2, 0.25) is 0 Å². The molecule has 0 aromatic heterocycles. The molecule has 1 aromatic carbocycles. The molecule has 1 aliphatic heterocycles. The summed E-state index contributed by atoms with van der Waals surface area (Å²) in [4.78, 5) is 2.31. The van der Waals surface area contributed by atoms with Gasteiger partial charge in [0.1, 0.15) is 0 Å². The molecule has 0 spiro atoms. The van der Waals surface area contributed by atoms with E-state index in [4.69, 9.17) is 15.2 Å². The van der Waals surface area contributed by atoms with Crippen molar-refractivity contribution in [2.45, 2.75) is 18.9 Å². The van der Waals surface area contributed by atoms with Crippen molar-refractivity contribution in [1.82, 2.24) is 0 Å². The Hall–Kier alpha value is -1.42. The second-order valence-corrected chi connectivity index (χ2v) is 4.32. The molecule has 0 radical (unpaired) electrons. The zero-order chi connectivity index (χ0) is 12.3. The number of anilines is 2. The third kappa shape index (κ3) is 2.47. The SMILES string of the molecule is COc1c(N)cccc1N1CCC(OC)CC1. The summed E-state index contributed by atoms with van der Waals surface area (Å²) in [5, 5.41) is 0. The molecule has 0 aliphatic carbocycles. The van der Waals surface area contributed by atoms with Gasteiger partial charge in [0.15, 0.2) is 5.75 Å². The molecule has 1 aliphatic rings. The number of para-hydroxylation sites is 1. The molecular formula is C13H20N2O2. The maximum absolute atomic E-state index is 5.92. The van der Waals surface area contributed by atoms with Crippen LogP contribution in [0.2, 0.25) is 0 Å². The van der Waals surface area contributed by atoms with Gasteiger partial charge < -0.3 is 20.1 Å². The number of benzene rings is 1. The molecule has 0 unspecified atom stereocenters. The summed E-state index contributed by atoms with van der Waals surface area (Å²) >= 11 is 0. The third-order valence-electron chi connectivity index (χ3n) is 3.34. The summed E-state index contributed by atoms with van der Waals surface area (Å²) in [6.07, 6.45) is 2.49. The summed E-state index contributed by atoms with van der Waals surface area (Å²) in [6, 6.07) is 5.89. The Balaban J connectivity index is 2.15. The Morgan fingerprint density at radius 2 is 1.94 bits per heavy atom. The van der Waals surface area contributed by atoms with E-state index in [9.17, 15) is 0 Å². The van der Waals surface area contributed by atoms with Crippen LogP contribution in [0.5, 0.6) is 5.75 Å². The number of ether oxygens (including phenoxy) is 2. The van der Waals surface area contributed by atoms with Crippen molar-refractivity contribution in [3.05, 3.63) is 18.2 Å². The highest BCUT2D eigenvalue weighted by Gasteiger charge is 2.21. The molecule has 2 rings (SSSR count). The summed E-state index contributed by atoms with van der Waals surface area (Å²) in [5.41, 5.74) is 7.69. The van der Waals surface area contributed by atoms with Crippen molar-refractivity contribution in [1.29, 1.82) is 0 Å². The average Bonchev–Trinajstić information content (AvgIpc) is 2.38. The van der Waals surface area contributed by atoms with Crippen LogP contribution in [0.4, 0.5) is 11.4 Å². The molecule has 94 valence electrons. The van der Waals surface area contributed by atoms with Crippen molar-refractivity contribution in [2.75, 3.05) is 37.9 Å². The fraction of sp³-hybridized carbons (Fsp3) is 0.538. The van der Waals surface area contributed by atoms with E-state index in [-0.39, 0.29) is 0 Å². The van der Waals surface area contributed by atoms with E-state index in [0.29, 0.717) is 11.8 Å². The van der Waals surface area contributed by atoms with Gasteiger partial charge in [-0.15, -0.1) is 0 Å². The Morgan fingerprint density at radius 3 is 2.53 bits per heavy atom. The highest BCUT2D eigenvalue weighted by atomic mass is 16.5. The van der Waals surface area contributed by atoms with Crippen molar-refractivity contribution in [3.63, 3.8) is 0 Å². The molecule has 0 atom stereocenters. The summed E-state index contributed by atoms with van der Waals surface area (Å²) < 4.78 is 10.8.